The maximum absolute atomic E-state index is 4.69. The van der Waals surface area contributed by atoms with Crippen molar-refractivity contribution in [3.05, 3.63) is 58.2 Å². The lowest BCUT2D eigenvalue weighted by Gasteiger charge is -2.10. The zero-order valence-electron chi connectivity index (χ0n) is 13.6. The van der Waals surface area contributed by atoms with Crippen LogP contribution < -0.4 is 10.6 Å². The van der Waals surface area contributed by atoms with E-state index in [2.05, 4.69) is 43.3 Å². The highest BCUT2D eigenvalue weighted by Gasteiger charge is 2.10. The van der Waals surface area contributed by atoms with Gasteiger partial charge in [-0.3, -0.25) is 5.10 Å². The number of fused-ring (bicyclic) bond motifs is 2. The first kappa shape index (κ1) is 15.3. The first-order valence-electron chi connectivity index (χ1n) is 8.07. The summed E-state index contributed by atoms with van der Waals surface area (Å²) in [4.78, 5) is 10.6. The van der Waals surface area contributed by atoms with E-state index in [9.17, 15) is 0 Å². The van der Waals surface area contributed by atoms with Crippen LogP contribution in [0, 0.1) is 0 Å². The van der Waals surface area contributed by atoms with Crippen LogP contribution in [0.1, 0.15) is 4.88 Å². The molecule has 0 radical (unpaired) electrons. The minimum atomic E-state index is 0.621. The third-order valence-corrected chi connectivity index (χ3v) is 5.79. The zero-order chi connectivity index (χ0) is 17.3. The number of nitrogens with zero attached hydrogens (tertiary/aromatic N) is 3. The van der Waals surface area contributed by atoms with Gasteiger partial charge in [0.05, 0.1) is 28.5 Å². The van der Waals surface area contributed by atoms with Gasteiger partial charge in [0.15, 0.2) is 5.82 Å². The van der Waals surface area contributed by atoms with Crippen LogP contribution in [-0.2, 0) is 6.54 Å². The van der Waals surface area contributed by atoms with Gasteiger partial charge >= 0.3 is 0 Å². The fourth-order valence-corrected chi connectivity index (χ4v) is 4.18. The maximum Gasteiger partial charge on any atom is 0.225 e. The smallest absolute Gasteiger partial charge is 0.225 e. The average molecular weight is 378 g/mol. The summed E-state index contributed by atoms with van der Waals surface area (Å²) in [6.45, 7) is 0.716. The average Bonchev–Trinajstić information content (AvgIpc) is 3.40. The Morgan fingerprint density at radius 2 is 2.04 bits per heavy atom. The second-order valence-electron chi connectivity index (χ2n) is 5.76. The molecule has 0 atom stereocenters. The monoisotopic (exact) mass is 378 g/mol. The number of H-pyrrole nitrogens is 1. The summed E-state index contributed by atoms with van der Waals surface area (Å²) < 4.78 is 1.04. The van der Waals surface area contributed by atoms with E-state index >= 15 is 0 Å². The lowest BCUT2D eigenvalue weighted by Crippen LogP contribution is -2.04. The van der Waals surface area contributed by atoms with E-state index in [1.807, 2.05) is 35.8 Å². The predicted molar refractivity (Wildman–Crippen MR) is 108 cm³/mol. The van der Waals surface area contributed by atoms with Crippen molar-refractivity contribution in [2.45, 2.75) is 6.54 Å². The molecule has 0 aliphatic carbocycles. The molecular formula is C18H14N6S2. The summed E-state index contributed by atoms with van der Waals surface area (Å²) >= 11 is 3.35. The second-order valence-corrected chi connectivity index (χ2v) is 7.71. The number of aromatic nitrogens is 4. The van der Waals surface area contributed by atoms with Crippen molar-refractivity contribution >= 4 is 61.2 Å². The van der Waals surface area contributed by atoms with E-state index in [1.165, 1.54) is 4.88 Å². The number of hydrogen-bond acceptors (Lipinski definition) is 7. The van der Waals surface area contributed by atoms with Gasteiger partial charge in [0.25, 0.3) is 0 Å². The molecule has 0 bridgehead atoms. The molecule has 0 aliphatic heterocycles. The lowest BCUT2D eigenvalue weighted by atomic mass is 10.2. The molecule has 5 aromatic rings. The van der Waals surface area contributed by atoms with E-state index in [0.717, 1.165) is 32.6 Å². The highest BCUT2D eigenvalue weighted by molar-refractivity contribution is 7.17. The number of hydrogen-bond donors (Lipinski definition) is 3. The first-order chi connectivity index (χ1) is 12.8. The Labute approximate surface area is 156 Å². The molecule has 6 nitrogen and oxygen atoms in total. The molecule has 8 heteroatoms. The molecule has 0 saturated carbocycles. The summed E-state index contributed by atoms with van der Waals surface area (Å²) in [5.41, 5.74) is 2.92. The summed E-state index contributed by atoms with van der Waals surface area (Å²) in [6.07, 6.45) is 1.81. The quantitative estimate of drug-likeness (QED) is 0.402. The maximum atomic E-state index is 4.69. The lowest BCUT2D eigenvalue weighted by molar-refractivity contribution is 1.10. The second kappa shape index (κ2) is 6.40. The van der Waals surface area contributed by atoms with Crippen LogP contribution in [-0.4, -0.2) is 20.2 Å². The molecule has 0 amide bonds. The molecule has 128 valence electrons. The molecule has 3 N–H and O–H groups in total. The standard InChI is InChI=1S/C18H14N6S2/c1-2-13(25-6-1)10-19-18-22-15-5-7-26-16(15)17(23-18)21-12-3-4-14-11(8-12)9-20-24-14/h1-9H,10H2,(H,20,24)(H2,19,21,22,23). The van der Waals surface area contributed by atoms with Crippen LogP contribution in [0.25, 0.3) is 21.1 Å². The molecule has 1 aromatic carbocycles. The Morgan fingerprint density at radius 3 is 2.96 bits per heavy atom. The molecule has 26 heavy (non-hydrogen) atoms. The Balaban J connectivity index is 1.47. The molecule has 0 fully saturated rings. The Bertz CT molecular complexity index is 1180. The van der Waals surface area contributed by atoms with Gasteiger partial charge in [-0.05, 0) is 41.1 Å². The number of rotatable bonds is 5. The van der Waals surface area contributed by atoms with Crippen molar-refractivity contribution in [2.24, 2.45) is 0 Å². The van der Waals surface area contributed by atoms with E-state index in [1.54, 1.807) is 22.7 Å². The molecule has 0 aliphatic rings. The van der Waals surface area contributed by atoms with Gasteiger partial charge in [0, 0.05) is 16.0 Å². The predicted octanol–water partition coefficient (Wildman–Crippen LogP) is 4.98. The molecule has 4 heterocycles. The van der Waals surface area contributed by atoms with Gasteiger partial charge in [0.1, 0.15) is 0 Å². The highest BCUT2D eigenvalue weighted by Crippen LogP contribution is 2.30. The normalized spacial score (nSPS) is 11.2. The Kier molecular flexibility index (Phi) is 3.76. The molecule has 5 rings (SSSR count). The fourth-order valence-electron chi connectivity index (χ4n) is 2.76. The molecule has 0 saturated heterocycles. The number of aromatic amines is 1. The van der Waals surface area contributed by atoms with Crippen LogP contribution in [0.15, 0.2) is 53.4 Å². The summed E-state index contributed by atoms with van der Waals surface area (Å²) in [6, 6.07) is 12.2. The third-order valence-electron chi connectivity index (χ3n) is 4.01. The number of anilines is 3. The highest BCUT2D eigenvalue weighted by atomic mass is 32.1. The fraction of sp³-hybridized carbons (Fsp3) is 0.0556. The Morgan fingerprint density at radius 1 is 1.04 bits per heavy atom. The molecule has 0 spiro atoms. The first-order valence-corrected chi connectivity index (χ1v) is 9.83. The number of thiophene rings is 2. The van der Waals surface area contributed by atoms with Gasteiger partial charge in [-0.2, -0.15) is 10.1 Å². The molecular weight excluding hydrogens is 364 g/mol. The summed E-state index contributed by atoms with van der Waals surface area (Å²) in [5.74, 6) is 1.43. The number of nitrogens with one attached hydrogen (secondary N) is 3. The largest absolute Gasteiger partial charge is 0.349 e. The Hall–Kier alpha value is -2.97. The van der Waals surface area contributed by atoms with Gasteiger partial charge in [-0.1, -0.05) is 6.07 Å². The van der Waals surface area contributed by atoms with Crippen LogP contribution in [0.3, 0.4) is 0 Å². The van der Waals surface area contributed by atoms with Gasteiger partial charge < -0.3 is 10.6 Å². The van der Waals surface area contributed by atoms with Crippen molar-refractivity contribution in [2.75, 3.05) is 10.6 Å². The van der Waals surface area contributed by atoms with Crippen LogP contribution in [0.5, 0.6) is 0 Å². The van der Waals surface area contributed by atoms with Gasteiger partial charge in [-0.25, -0.2) is 4.98 Å². The minimum absolute atomic E-state index is 0.621. The topological polar surface area (TPSA) is 78.5 Å². The molecule has 0 unspecified atom stereocenters. The van der Waals surface area contributed by atoms with E-state index in [0.29, 0.717) is 12.5 Å². The van der Waals surface area contributed by atoms with E-state index in [-0.39, 0.29) is 0 Å². The minimum Gasteiger partial charge on any atom is -0.349 e. The van der Waals surface area contributed by atoms with E-state index in [4.69, 9.17) is 4.98 Å². The van der Waals surface area contributed by atoms with Gasteiger partial charge in [-0.15, -0.1) is 22.7 Å². The van der Waals surface area contributed by atoms with Crippen molar-refractivity contribution in [3.63, 3.8) is 0 Å². The number of benzene rings is 1. The van der Waals surface area contributed by atoms with Crippen molar-refractivity contribution in [1.29, 1.82) is 0 Å². The van der Waals surface area contributed by atoms with Crippen molar-refractivity contribution in [3.8, 4) is 0 Å². The molecule has 4 aromatic heterocycles. The van der Waals surface area contributed by atoms with Crippen molar-refractivity contribution < 1.29 is 0 Å². The van der Waals surface area contributed by atoms with Crippen LogP contribution in [0.2, 0.25) is 0 Å². The van der Waals surface area contributed by atoms with Crippen LogP contribution >= 0.6 is 22.7 Å². The van der Waals surface area contributed by atoms with Crippen molar-refractivity contribution in [1.82, 2.24) is 20.2 Å². The van der Waals surface area contributed by atoms with Gasteiger partial charge in [0.2, 0.25) is 5.95 Å². The van der Waals surface area contributed by atoms with Crippen LogP contribution in [0.4, 0.5) is 17.5 Å². The zero-order valence-corrected chi connectivity index (χ0v) is 15.2. The third kappa shape index (κ3) is 2.89. The SMILES string of the molecule is c1csc(CNc2nc(Nc3ccc4[nH]ncc4c3)c3sccc3n2)c1. The summed E-state index contributed by atoms with van der Waals surface area (Å²) in [7, 11) is 0. The van der Waals surface area contributed by atoms with E-state index < -0.39 is 0 Å². The summed E-state index contributed by atoms with van der Waals surface area (Å²) in [5, 5.41) is 18.9.